The van der Waals surface area contributed by atoms with E-state index in [1.54, 1.807) is 0 Å². The molecule has 0 unspecified atom stereocenters. The second-order valence-electron chi connectivity index (χ2n) is 6.55. The van der Waals surface area contributed by atoms with Crippen LogP contribution in [0.3, 0.4) is 0 Å². The summed E-state index contributed by atoms with van der Waals surface area (Å²) >= 11 is 0. The third-order valence-electron chi connectivity index (χ3n) is 4.95. The molecule has 0 amide bonds. The Morgan fingerprint density at radius 1 is 1.22 bits per heavy atom. The van der Waals surface area contributed by atoms with Crippen LogP contribution in [0.5, 0.6) is 11.5 Å². The second kappa shape index (κ2) is 6.51. The lowest BCUT2D eigenvalue weighted by Gasteiger charge is -2.37. The fourth-order valence-electron chi connectivity index (χ4n) is 3.83. The number of hydrogen-bond acceptors (Lipinski definition) is 5. The van der Waals surface area contributed by atoms with Crippen LogP contribution in [0.15, 0.2) is 30.9 Å². The number of fused-ring (bicyclic) bond motifs is 2. The van der Waals surface area contributed by atoms with Gasteiger partial charge in [0.15, 0.2) is 11.5 Å². The van der Waals surface area contributed by atoms with Crippen LogP contribution in [0, 0.1) is 0 Å². The lowest BCUT2D eigenvalue weighted by molar-refractivity contribution is 0.0758. The molecule has 1 aromatic rings. The van der Waals surface area contributed by atoms with Gasteiger partial charge in [-0.05, 0) is 24.1 Å². The van der Waals surface area contributed by atoms with Crippen LogP contribution in [0.25, 0.3) is 0 Å². The zero-order valence-electron chi connectivity index (χ0n) is 13.4. The van der Waals surface area contributed by atoms with E-state index < -0.39 is 0 Å². The Balaban J connectivity index is 1.34. The van der Waals surface area contributed by atoms with Crippen molar-refractivity contribution < 1.29 is 14.2 Å². The number of benzene rings is 1. The molecule has 5 heteroatoms. The smallest absolute Gasteiger partial charge is 0.231 e. The van der Waals surface area contributed by atoms with Gasteiger partial charge in [0.2, 0.25) is 6.79 Å². The standard InChI is InChI=1S/C18H24N2O3/c1-2-7-21-16-9-15-11-19(5-6-20(15)12-16)10-14-3-4-17-18(8-14)23-13-22-17/h2-4,8,15-16H,1,5-7,9-13H2/t15-,16+/m0/s1. The minimum Gasteiger partial charge on any atom is -0.454 e. The van der Waals surface area contributed by atoms with E-state index >= 15 is 0 Å². The Morgan fingerprint density at radius 2 is 2.13 bits per heavy atom. The molecule has 1 aromatic carbocycles. The molecule has 2 saturated heterocycles. The van der Waals surface area contributed by atoms with E-state index in [1.807, 2.05) is 12.1 Å². The number of ether oxygens (including phenoxy) is 3. The number of rotatable bonds is 5. The van der Waals surface area contributed by atoms with Gasteiger partial charge in [-0.25, -0.2) is 0 Å². The Bertz CT molecular complexity index is 577. The van der Waals surface area contributed by atoms with Crippen LogP contribution in [-0.4, -0.2) is 61.5 Å². The summed E-state index contributed by atoms with van der Waals surface area (Å²) in [6, 6.07) is 6.89. The van der Waals surface area contributed by atoms with E-state index in [1.165, 1.54) is 5.56 Å². The molecule has 0 radical (unpaired) electrons. The first kappa shape index (κ1) is 15.0. The van der Waals surface area contributed by atoms with E-state index in [-0.39, 0.29) is 0 Å². The summed E-state index contributed by atoms with van der Waals surface area (Å²) in [4.78, 5) is 5.11. The summed E-state index contributed by atoms with van der Waals surface area (Å²) in [6.45, 7) is 10.1. The van der Waals surface area contributed by atoms with Crippen molar-refractivity contribution in [2.45, 2.75) is 25.1 Å². The Morgan fingerprint density at radius 3 is 3.04 bits per heavy atom. The first-order chi connectivity index (χ1) is 11.3. The molecule has 23 heavy (non-hydrogen) atoms. The third-order valence-corrected chi connectivity index (χ3v) is 4.95. The van der Waals surface area contributed by atoms with Gasteiger partial charge in [0.1, 0.15) is 0 Å². The molecule has 3 aliphatic heterocycles. The van der Waals surface area contributed by atoms with Crippen molar-refractivity contribution in [3.05, 3.63) is 36.4 Å². The number of nitrogens with zero attached hydrogens (tertiary/aromatic N) is 2. The Labute approximate surface area is 137 Å². The molecule has 0 spiro atoms. The first-order valence-electron chi connectivity index (χ1n) is 8.39. The van der Waals surface area contributed by atoms with Crippen LogP contribution >= 0.6 is 0 Å². The lowest BCUT2D eigenvalue weighted by Crippen LogP contribution is -2.49. The lowest BCUT2D eigenvalue weighted by atomic mass is 10.1. The van der Waals surface area contributed by atoms with E-state index in [4.69, 9.17) is 14.2 Å². The molecule has 0 aromatic heterocycles. The third kappa shape index (κ3) is 3.22. The molecule has 2 fully saturated rings. The van der Waals surface area contributed by atoms with Gasteiger partial charge in [0.25, 0.3) is 0 Å². The molecule has 5 nitrogen and oxygen atoms in total. The average Bonchev–Trinajstić information content (AvgIpc) is 3.18. The van der Waals surface area contributed by atoms with Crippen LogP contribution in [0.1, 0.15) is 12.0 Å². The van der Waals surface area contributed by atoms with Crippen molar-refractivity contribution in [3.63, 3.8) is 0 Å². The van der Waals surface area contributed by atoms with E-state index in [2.05, 4.69) is 28.5 Å². The predicted octanol–water partition coefficient (Wildman–Crippen LogP) is 1.88. The largest absolute Gasteiger partial charge is 0.454 e. The summed E-state index contributed by atoms with van der Waals surface area (Å²) in [5, 5.41) is 0. The summed E-state index contributed by atoms with van der Waals surface area (Å²) < 4.78 is 16.7. The molecule has 0 bridgehead atoms. The van der Waals surface area contributed by atoms with Gasteiger partial charge in [-0.2, -0.15) is 0 Å². The maximum atomic E-state index is 5.84. The van der Waals surface area contributed by atoms with Gasteiger partial charge >= 0.3 is 0 Å². The maximum absolute atomic E-state index is 5.84. The van der Waals surface area contributed by atoms with Crippen LogP contribution < -0.4 is 9.47 Å². The van der Waals surface area contributed by atoms with E-state index in [9.17, 15) is 0 Å². The zero-order valence-corrected chi connectivity index (χ0v) is 13.4. The molecule has 3 heterocycles. The van der Waals surface area contributed by atoms with Gasteiger partial charge < -0.3 is 14.2 Å². The highest BCUT2D eigenvalue weighted by atomic mass is 16.7. The van der Waals surface area contributed by atoms with Crippen molar-refractivity contribution in [1.29, 1.82) is 0 Å². The molecule has 124 valence electrons. The molecular formula is C18H24N2O3. The fourth-order valence-corrected chi connectivity index (χ4v) is 3.83. The average molecular weight is 316 g/mol. The van der Waals surface area contributed by atoms with Crippen LogP contribution in [0.2, 0.25) is 0 Å². The zero-order chi connectivity index (χ0) is 15.6. The van der Waals surface area contributed by atoms with Crippen LogP contribution in [-0.2, 0) is 11.3 Å². The Hall–Kier alpha value is -1.56. The van der Waals surface area contributed by atoms with Gasteiger partial charge in [0.05, 0.1) is 12.7 Å². The fraction of sp³-hybridized carbons (Fsp3) is 0.556. The molecular weight excluding hydrogens is 292 g/mol. The number of hydrogen-bond donors (Lipinski definition) is 0. The summed E-state index contributed by atoms with van der Waals surface area (Å²) in [7, 11) is 0. The molecule has 0 saturated carbocycles. The highest BCUT2D eigenvalue weighted by Gasteiger charge is 2.36. The first-order valence-corrected chi connectivity index (χ1v) is 8.39. The van der Waals surface area contributed by atoms with Gasteiger partial charge in [-0.1, -0.05) is 12.1 Å². The van der Waals surface area contributed by atoms with Crippen molar-refractivity contribution in [1.82, 2.24) is 9.80 Å². The van der Waals surface area contributed by atoms with Crippen molar-refractivity contribution in [2.75, 3.05) is 39.6 Å². The van der Waals surface area contributed by atoms with Crippen molar-refractivity contribution >= 4 is 0 Å². The summed E-state index contributed by atoms with van der Waals surface area (Å²) in [5.74, 6) is 1.73. The number of piperazine rings is 1. The normalized spacial score (nSPS) is 27.1. The molecule has 2 atom stereocenters. The molecule has 0 aliphatic carbocycles. The van der Waals surface area contributed by atoms with Gasteiger partial charge in [-0.3, -0.25) is 9.80 Å². The van der Waals surface area contributed by atoms with E-state index in [0.717, 1.165) is 50.6 Å². The monoisotopic (exact) mass is 316 g/mol. The minimum absolute atomic E-state index is 0.339. The maximum Gasteiger partial charge on any atom is 0.231 e. The molecule has 3 aliphatic rings. The summed E-state index contributed by atoms with van der Waals surface area (Å²) in [5.41, 5.74) is 1.29. The second-order valence-corrected chi connectivity index (χ2v) is 6.55. The molecule has 4 rings (SSSR count). The van der Waals surface area contributed by atoms with Crippen molar-refractivity contribution in [2.24, 2.45) is 0 Å². The topological polar surface area (TPSA) is 34.2 Å². The summed E-state index contributed by atoms with van der Waals surface area (Å²) in [6.07, 6.45) is 3.33. The highest BCUT2D eigenvalue weighted by molar-refractivity contribution is 5.44. The SMILES string of the molecule is C=CCO[C@@H]1C[C@H]2CN(Cc3ccc4c(c3)OCO4)CCN2C1. The predicted molar refractivity (Wildman–Crippen MR) is 87.8 cm³/mol. The van der Waals surface area contributed by atoms with E-state index in [0.29, 0.717) is 25.5 Å². The quantitative estimate of drug-likeness (QED) is 0.775. The highest BCUT2D eigenvalue weighted by Crippen LogP contribution is 2.33. The van der Waals surface area contributed by atoms with Crippen LogP contribution in [0.4, 0.5) is 0 Å². The van der Waals surface area contributed by atoms with Crippen molar-refractivity contribution in [3.8, 4) is 11.5 Å². The molecule has 0 N–H and O–H groups in total. The van der Waals surface area contributed by atoms with Gasteiger partial charge in [-0.15, -0.1) is 6.58 Å². The minimum atomic E-state index is 0.339. The van der Waals surface area contributed by atoms with Gasteiger partial charge in [0, 0.05) is 38.8 Å². The Kier molecular flexibility index (Phi) is 4.25.